The highest BCUT2D eigenvalue weighted by molar-refractivity contribution is 5.74. The topological polar surface area (TPSA) is 49.8 Å². The van der Waals surface area contributed by atoms with E-state index in [0.29, 0.717) is 12.0 Å². The van der Waals surface area contributed by atoms with E-state index in [1.54, 1.807) is 0 Å². The lowest BCUT2D eigenvalue weighted by atomic mass is 9.93. The molecule has 104 valence electrons. The molecule has 0 aliphatic carbocycles. The summed E-state index contributed by atoms with van der Waals surface area (Å²) in [4.78, 5) is 13.6. The normalized spacial score (nSPS) is 38.2. The van der Waals surface area contributed by atoms with Gasteiger partial charge in [-0.1, -0.05) is 20.8 Å². The summed E-state index contributed by atoms with van der Waals surface area (Å²) in [7, 11) is 0. The van der Waals surface area contributed by atoms with Gasteiger partial charge in [-0.3, -0.25) is 9.69 Å². The Kier molecular flexibility index (Phi) is 4.28. The van der Waals surface area contributed by atoms with Crippen molar-refractivity contribution in [2.24, 2.45) is 11.8 Å². The van der Waals surface area contributed by atoms with Gasteiger partial charge in [-0.15, -0.1) is 0 Å². The molecule has 4 nitrogen and oxygen atoms in total. The second kappa shape index (κ2) is 5.57. The standard InChI is InChI=1S/C14H25NO3/c1-9(2)12-8-11(5-7-18-12)15-6-4-10(3)13(15)14(16)17/h9-13H,4-8H2,1-3H3,(H,16,17). The third kappa shape index (κ3) is 2.69. The quantitative estimate of drug-likeness (QED) is 0.838. The zero-order valence-corrected chi connectivity index (χ0v) is 11.6. The van der Waals surface area contributed by atoms with Crippen LogP contribution in [-0.2, 0) is 9.53 Å². The molecule has 0 bridgehead atoms. The van der Waals surface area contributed by atoms with Gasteiger partial charge in [-0.05, 0) is 37.6 Å². The Morgan fingerprint density at radius 3 is 2.72 bits per heavy atom. The van der Waals surface area contributed by atoms with Crippen molar-refractivity contribution in [2.75, 3.05) is 13.2 Å². The summed E-state index contributed by atoms with van der Waals surface area (Å²) in [5, 5.41) is 9.39. The van der Waals surface area contributed by atoms with Crippen LogP contribution in [0.15, 0.2) is 0 Å². The minimum Gasteiger partial charge on any atom is -0.480 e. The van der Waals surface area contributed by atoms with Gasteiger partial charge in [-0.25, -0.2) is 0 Å². The van der Waals surface area contributed by atoms with Crippen LogP contribution < -0.4 is 0 Å². The zero-order valence-electron chi connectivity index (χ0n) is 11.6. The first kappa shape index (κ1) is 13.8. The molecule has 4 unspecified atom stereocenters. The third-order valence-corrected chi connectivity index (χ3v) is 4.49. The summed E-state index contributed by atoms with van der Waals surface area (Å²) in [6.07, 6.45) is 3.24. The number of hydrogen-bond donors (Lipinski definition) is 1. The molecule has 0 saturated carbocycles. The van der Waals surface area contributed by atoms with Crippen LogP contribution in [0.25, 0.3) is 0 Å². The number of likely N-dealkylation sites (tertiary alicyclic amines) is 1. The number of carboxylic acids is 1. The summed E-state index contributed by atoms with van der Waals surface area (Å²) in [5.41, 5.74) is 0. The van der Waals surface area contributed by atoms with Crippen LogP contribution in [0.2, 0.25) is 0 Å². The number of carbonyl (C=O) groups is 1. The first-order valence-corrected chi connectivity index (χ1v) is 7.11. The van der Waals surface area contributed by atoms with E-state index in [-0.39, 0.29) is 18.1 Å². The van der Waals surface area contributed by atoms with Crippen LogP contribution >= 0.6 is 0 Å². The van der Waals surface area contributed by atoms with Gasteiger partial charge in [0, 0.05) is 12.6 Å². The van der Waals surface area contributed by atoms with Crippen molar-refractivity contribution in [1.82, 2.24) is 4.90 Å². The SMILES string of the molecule is CC(C)C1CC(N2CCC(C)C2C(=O)O)CCO1. The molecule has 18 heavy (non-hydrogen) atoms. The summed E-state index contributed by atoms with van der Waals surface area (Å²) in [6, 6.07) is 0.0955. The minimum absolute atomic E-state index is 0.267. The monoisotopic (exact) mass is 255 g/mol. The molecule has 4 heteroatoms. The Balaban J connectivity index is 2.04. The first-order valence-electron chi connectivity index (χ1n) is 7.11. The molecule has 1 N–H and O–H groups in total. The lowest BCUT2D eigenvalue weighted by molar-refractivity contribution is -0.145. The lowest BCUT2D eigenvalue weighted by Crippen LogP contribution is -2.49. The molecule has 0 aromatic rings. The molecule has 2 heterocycles. The fourth-order valence-electron chi connectivity index (χ4n) is 3.35. The molecule has 2 fully saturated rings. The molecule has 2 aliphatic heterocycles. The van der Waals surface area contributed by atoms with Crippen molar-refractivity contribution in [2.45, 2.75) is 58.2 Å². The smallest absolute Gasteiger partial charge is 0.321 e. The Labute approximate surface area is 109 Å². The molecule has 0 aromatic heterocycles. The maximum absolute atomic E-state index is 11.4. The van der Waals surface area contributed by atoms with Gasteiger partial charge in [0.25, 0.3) is 0 Å². The van der Waals surface area contributed by atoms with Gasteiger partial charge in [0.05, 0.1) is 6.10 Å². The van der Waals surface area contributed by atoms with E-state index in [1.165, 1.54) is 0 Å². The van der Waals surface area contributed by atoms with E-state index < -0.39 is 5.97 Å². The van der Waals surface area contributed by atoms with Gasteiger partial charge in [0.15, 0.2) is 0 Å². The van der Waals surface area contributed by atoms with E-state index in [2.05, 4.69) is 25.7 Å². The molecule has 0 spiro atoms. The van der Waals surface area contributed by atoms with Crippen LogP contribution in [0.1, 0.15) is 40.0 Å². The van der Waals surface area contributed by atoms with E-state index in [4.69, 9.17) is 4.74 Å². The van der Waals surface area contributed by atoms with E-state index in [1.807, 2.05) is 0 Å². The van der Waals surface area contributed by atoms with Crippen LogP contribution in [0.3, 0.4) is 0 Å². The van der Waals surface area contributed by atoms with Crippen LogP contribution in [0.4, 0.5) is 0 Å². The van der Waals surface area contributed by atoms with Crippen molar-refractivity contribution < 1.29 is 14.6 Å². The van der Waals surface area contributed by atoms with Crippen molar-refractivity contribution >= 4 is 5.97 Å². The average Bonchev–Trinajstić information content (AvgIpc) is 2.71. The molecule has 0 amide bonds. The molecule has 2 saturated heterocycles. The van der Waals surface area contributed by atoms with Gasteiger partial charge in [0.1, 0.15) is 6.04 Å². The summed E-state index contributed by atoms with van der Waals surface area (Å²) in [5.74, 6) is 0.117. The molecule has 0 radical (unpaired) electrons. The second-order valence-corrected chi connectivity index (χ2v) is 6.12. The molecule has 2 rings (SSSR count). The predicted molar refractivity (Wildman–Crippen MR) is 69.5 cm³/mol. The second-order valence-electron chi connectivity index (χ2n) is 6.12. The number of rotatable bonds is 3. The average molecular weight is 255 g/mol. The summed E-state index contributed by atoms with van der Waals surface area (Å²) < 4.78 is 5.78. The van der Waals surface area contributed by atoms with Crippen molar-refractivity contribution in [3.05, 3.63) is 0 Å². The maximum atomic E-state index is 11.4. The highest BCUT2D eigenvalue weighted by atomic mass is 16.5. The van der Waals surface area contributed by atoms with Gasteiger partial charge >= 0.3 is 5.97 Å². The summed E-state index contributed by atoms with van der Waals surface area (Å²) in [6.45, 7) is 8.10. The van der Waals surface area contributed by atoms with Gasteiger partial charge in [0.2, 0.25) is 0 Å². The number of carboxylic acid groups (broad SMARTS) is 1. The lowest BCUT2D eigenvalue weighted by Gasteiger charge is -2.39. The van der Waals surface area contributed by atoms with Crippen LogP contribution in [0.5, 0.6) is 0 Å². The Hall–Kier alpha value is -0.610. The number of ether oxygens (including phenoxy) is 1. The van der Waals surface area contributed by atoms with Crippen LogP contribution in [-0.4, -0.2) is 47.3 Å². The fourth-order valence-corrected chi connectivity index (χ4v) is 3.35. The fraction of sp³-hybridized carbons (Fsp3) is 0.929. The van der Waals surface area contributed by atoms with Gasteiger partial charge in [-0.2, -0.15) is 0 Å². The van der Waals surface area contributed by atoms with Crippen molar-refractivity contribution in [3.63, 3.8) is 0 Å². The maximum Gasteiger partial charge on any atom is 0.321 e. The van der Waals surface area contributed by atoms with Gasteiger partial charge < -0.3 is 9.84 Å². The highest BCUT2D eigenvalue weighted by Gasteiger charge is 2.42. The van der Waals surface area contributed by atoms with E-state index >= 15 is 0 Å². The molecule has 0 aromatic carbocycles. The Morgan fingerprint density at radius 1 is 1.39 bits per heavy atom. The largest absolute Gasteiger partial charge is 0.480 e. The molecular formula is C14H25NO3. The molecule has 2 aliphatic rings. The number of aliphatic carboxylic acids is 1. The molecule has 4 atom stereocenters. The van der Waals surface area contributed by atoms with E-state index in [9.17, 15) is 9.90 Å². The third-order valence-electron chi connectivity index (χ3n) is 4.49. The summed E-state index contributed by atoms with van der Waals surface area (Å²) >= 11 is 0. The predicted octanol–water partition coefficient (Wildman–Crippen LogP) is 1.99. The van der Waals surface area contributed by atoms with E-state index in [0.717, 1.165) is 32.4 Å². The van der Waals surface area contributed by atoms with Crippen LogP contribution in [0, 0.1) is 11.8 Å². The molecular weight excluding hydrogens is 230 g/mol. The van der Waals surface area contributed by atoms with Crippen molar-refractivity contribution in [1.29, 1.82) is 0 Å². The Morgan fingerprint density at radius 2 is 2.11 bits per heavy atom. The first-order chi connectivity index (χ1) is 8.50. The Bertz CT molecular complexity index is 305. The number of hydrogen-bond acceptors (Lipinski definition) is 3. The minimum atomic E-state index is -0.660. The highest BCUT2D eigenvalue weighted by Crippen LogP contribution is 2.32. The zero-order chi connectivity index (χ0) is 13.3. The van der Waals surface area contributed by atoms with Crippen molar-refractivity contribution in [3.8, 4) is 0 Å². The number of nitrogens with zero attached hydrogens (tertiary/aromatic N) is 1.